The van der Waals surface area contributed by atoms with E-state index < -0.39 is 5.97 Å². The molecule has 4 heterocycles. The van der Waals surface area contributed by atoms with Gasteiger partial charge in [-0.15, -0.1) is 10.2 Å². The molecule has 2 aliphatic heterocycles. The molecule has 0 bridgehead atoms. The molecular formula is C28H28Cl2N8O3. The average Bonchev–Trinajstić information content (AvgIpc) is 3.55. The Labute approximate surface area is 246 Å². The molecule has 0 saturated carbocycles. The van der Waals surface area contributed by atoms with Crippen molar-refractivity contribution in [2.75, 3.05) is 26.2 Å². The zero-order valence-corrected chi connectivity index (χ0v) is 23.5. The number of halogens is 2. The van der Waals surface area contributed by atoms with E-state index in [0.29, 0.717) is 21.7 Å². The maximum atomic E-state index is 11.7. The lowest BCUT2D eigenvalue weighted by Gasteiger charge is -2.29. The van der Waals surface area contributed by atoms with Crippen molar-refractivity contribution in [2.45, 2.75) is 12.8 Å². The van der Waals surface area contributed by atoms with E-state index >= 15 is 0 Å². The predicted octanol–water partition coefficient (Wildman–Crippen LogP) is 4.44. The van der Waals surface area contributed by atoms with Gasteiger partial charge in [0.25, 0.3) is 0 Å². The van der Waals surface area contributed by atoms with Gasteiger partial charge in [0.05, 0.1) is 0 Å². The zero-order valence-electron chi connectivity index (χ0n) is 22.0. The molecule has 11 nitrogen and oxygen atoms in total. The van der Waals surface area contributed by atoms with Crippen molar-refractivity contribution in [2.24, 2.45) is 0 Å². The van der Waals surface area contributed by atoms with E-state index in [0.717, 1.165) is 36.7 Å². The minimum absolute atomic E-state index is 0.0102. The third-order valence-electron chi connectivity index (χ3n) is 5.80. The van der Waals surface area contributed by atoms with Crippen LogP contribution < -0.4 is 5.32 Å². The van der Waals surface area contributed by atoms with Crippen LogP contribution in [0.1, 0.15) is 12.8 Å². The first-order valence-corrected chi connectivity index (χ1v) is 13.6. The Bertz CT molecular complexity index is 1520. The van der Waals surface area contributed by atoms with Crippen molar-refractivity contribution in [3.63, 3.8) is 0 Å². The largest absolute Gasteiger partial charge is 0.478 e. The van der Waals surface area contributed by atoms with Crippen LogP contribution in [0.5, 0.6) is 0 Å². The molecular weight excluding hydrogens is 567 g/mol. The van der Waals surface area contributed by atoms with Gasteiger partial charge in [-0.3, -0.25) is 4.79 Å². The molecule has 2 saturated heterocycles. The minimum Gasteiger partial charge on any atom is -0.478 e. The van der Waals surface area contributed by atoms with E-state index in [1.807, 2.05) is 18.2 Å². The second-order valence-corrected chi connectivity index (χ2v) is 9.74. The lowest BCUT2D eigenvalue weighted by molar-refractivity contribution is -0.131. The monoisotopic (exact) mass is 594 g/mol. The summed E-state index contributed by atoms with van der Waals surface area (Å²) in [6.07, 6.45) is 10.9. The number of nitrogens with zero attached hydrogens (tertiary/aromatic N) is 7. The molecule has 6 rings (SSSR count). The zero-order chi connectivity index (χ0) is 29.0. The summed E-state index contributed by atoms with van der Waals surface area (Å²) in [7, 11) is 0. The first kappa shape index (κ1) is 29.7. The normalized spacial score (nSPS) is 14.0. The van der Waals surface area contributed by atoms with Crippen LogP contribution in [0.4, 0.5) is 0 Å². The van der Waals surface area contributed by atoms with Crippen molar-refractivity contribution >= 4 is 47.5 Å². The SMILES string of the molecule is C1CNC1.O=C(/C=C\n1cnc(-c2cccc(Cl)c2)n1)N1CCC1.O=C(O)/C=C\n1cnc(-c2cccc(Cl)c2)n1. The maximum Gasteiger partial charge on any atom is 0.329 e. The highest BCUT2D eigenvalue weighted by Crippen LogP contribution is 2.20. The number of carboxylic acid groups (broad SMARTS) is 1. The highest BCUT2D eigenvalue weighted by molar-refractivity contribution is 6.31. The smallest absolute Gasteiger partial charge is 0.329 e. The van der Waals surface area contributed by atoms with Gasteiger partial charge < -0.3 is 15.3 Å². The number of benzene rings is 2. The Balaban J connectivity index is 0.000000168. The number of amides is 1. The van der Waals surface area contributed by atoms with Crippen LogP contribution in [-0.4, -0.2) is 77.6 Å². The number of rotatable bonds is 6. The first-order chi connectivity index (χ1) is 19.9. The Morgan fingerprint density at radius 2 is 1.29 bits per heavy atom. The number of carboxylic acids is 1. The quantitative estimate of drug-likeness (QED) is 0.313. The van der Waals surface area contributed by atoms with Gasteiger partial charge >= 0.3 is 5.97 Å². The molecule has 2 fully saturated rings. The van der Waals surface area contributed by atoms with Crippen molar-refractivity contribution in [1.82, 2.24) is 39.7 Å². The van der Waals surface area contributed by atoms with E-state index in [1.165, 1.54) is 47.5 Å². The van der Waals surface area contributed by atoms with Gasteiger partial charge in [-0.2, -0.15) is 0 Å². The number of carbonyl (C=O) groups excluding carboxylic acids is 1. The molecule has 2 aromatic carbocycles. The topological polar surface area (TPSA) is 131 Å². The summed E-state index contributed by atoms with van der Waals surface area (Å²) in [6, 6.07) is 14.5. The molecule has 0 spiro atoms. The molecule has 1 amide bonds. The van der Waals surface area contributed by atoms with E-state index in [-0.39, 0.29) is 5.91 Å². The Morgan fingerprint density at radius 3 is 1.68 bits per heavy atom. The molecule has 0 radical (unpaired) electrons. The van der Waals surface area contributed by atoms with Gasteiger partial charge in [0.2, 0.25) is 5.91 Å². The standard InChI is InChI=1S/C14H13ClN4O.C11H8ClN3O2.C3H7N/c15-12-4-1-3-11(9-12)14-16-10-19(17-14)8-5-13(20)18-6-2-7-18;12-9-3-1-2-8(6-9)11-13-7-15(14-11)5-4-10(16)17;1-2-4-3-1/h1,3-5,8-10H,2,6-7H2;1-7H,(H,16,17);4H,1-3H2/b8-5-;5-4-;. The number of nitrogens with one attached hydrogen (secondary N) is 1. The summed E-state index contributed by atoms with van der Waals surface area (Å²) in [6.45, 7) is 4.18. The molecule has 212 valence electrons. The van der Waals surface area contributed by atoms with Gasteiger partial charge in [0, 0.05) is 58.8 Å². The summed E-state index contributed by atoms with van der Waals surface area (Å²) in [5.74, 6) is 0.0388. The number of likely N-dealkylation sites (tertiary alicyclic amines) is 1. The lowest BCUT2D eigenvalue weighted by atomic mass is 10.2. The number of aliphatic carboxylic acids is 1. The molecule has 13 heteroatoms. The third-order valence-corrected chi connectivity index (χ3v) is 6.27. The van der Waals surface area contributed by atoms with Crippen LogP contribution in [0.15, 0.2) is 73.3 Å². The van der Waals surface area contributed by atoms with E-state index in [2.05, 4.69) is 25.5 Å². The summed E-state index contributed by atoms with van der Waals surface area (Å²) in [5.41, 5.74) is 1.62. The molecule has 2 aliphatic rings. The fraction of sp³-hybridized carbons (Fsp3) is 0.214. The highest BCUT2D eigenvalue weighted by atomic mass is 35.5. The number of carbonyl (C=O) groups is 2. The van der Waals surface area contributed by atoms with E-state index in [1.54, 1.807) is 47.8 Å². The van der Waals surface area contributed by atoms with Crippen molar-refractivity contribution in [3.8, 4) is 22.8 Å². The van der Waals surface area contributed by atoms with E-state index in [9.17, 15) is 9.59 Å². The predicted molar refractivity (Wildman–Crippen MR) is 158 cm³/mol. The second-order valence-electron chi connectivity index (χ2n) is 8.87. The van der Waals surface area contributed by atoms with Crippen LogP contribution >= 0.6 is 23.2 Å². The minimum atomic E-state index is -1.04. The van der Waals surface area contributed by atoms with Crippen molar-refractivity contribution < 1.29 is 14.7 Å². The first-order valence-electron chi connectivity index (χ1n) is 12.8. The van der Waals surface area contributed by atoms with E-state index in [4.69, 9.17) is 28.3 Å². The summed E-state index contributed by atoms with van der Waals surface area (Å²) in [4.78, 5) is 32.0. The van der Waals surface area contributed by atoms with Gasteiger partial charge in [-0.25, -0.2) is 24.1 Å². The summed E-state index contributed by atoms with van der Waals surface area (Å²) < 4.78 is 2.85. The third kappa shape index (κ3) is 9.38. The van der Waals surface area contributed by atoms with Crippen molar-refractivity contribution in [3.05, 3.63) is 83.4 Å². The molecule has 2 aromatic heterocycles. The van der Waals surface area contributed by atoms with Crippen LogP contribution in [0.3, 0.4) is 0 Å². The molecule has 0 aliphatic carbocycles. The van der Waals surface area contributed by atoms with Gasteiger partial charge in [-0.05, 0) is 50.2 Å². The Morgan fingerprint density at radius 1 is 0.805 bits per heavy atom. The fourth-order valence-electron chi connectivity index (χ4n) is 3.31. The van der Waals surface area contributed by atoms with Gasteiger partial charge in [0.1, 0.15) is 12.7 Å². The summed E-state index contributed by atoms with van der Waals surface area (Å²) >= 11 is 11.8. The number of hydrogen-bond acceptors (Lipinski definition) is 7. The highest BCUT2D eigenvalue weighted by Gasteiger charge is 2.17. The van der Waals surface area contributed by atoms with Gasteiger partial charge in [0.15, 0.2) is 11.6 Å². The fourth-order valence-corrected chi connectivity index (χ4v) is 3.69. The molecule has 2 N–H and O–H groups in total. The second kappa shape index (κ2) is 14.9. The van der Waals surface area contributed by atoms with Gasteiger partial charge in [-0.1, -0.05) is 47.5 Å². The Hall–Kier alpha value is -4.32. The molecule has 0 atom stereocenters. The van der Waals surface area contributed by atoms with Crippen LogP contribution in [0.25, 0.3) is 35.2 Å². The van der Waals surface area contributed by atoms with Crippen molar-refractivity contribution in [1.29, 1.82) is 0 Å². The molecule has 0 unspecified atom stereocenters. The van der Waals surface area contributed by atoms with Crippen LogP contribution in [-0.2, 0) is 9.59 Å². The van der Waals surface area contributed by atoms with Crippen LogP contribution in [0, 0.1) is 0 Å². The number of hydrogen-bond donors (Lipinski definition) is 2. The summed E-state index contributed by atoms with van der Waals surface area (Å²) in [5, 5.41) is 21.2. The number of aromatic nitrogens is 6. The Kier molecular flexibility index (Phi) is 10.8. The average molecular weight is 595 g/mol. The maximum absolute atomic E-state index is 11.7. The van der Waals surface area contributed by atoms with Crippen LogP contribution in [0.2, 0.25) is 10.0 Å². The molecule has 41 heavy (non-hydrogen) atoms. The lowest BCUT2D eigenvalue weighted by Crippen LogP contribution is -2.41. The molecule has 4 aromatic rings.